The van der Waals surface area contributed by atoms with E-state index in [0.29, 0.717) is 49.8 Å². The second-order valence-corrected chi connectivity index (χ2v) is 9.54. The molecule has 36 heavy (non-hydrogen) atoms. The van der Waals surface area contributed by atoms with Crippen molar-refractivity contribution in [3.8, 4) is 17.0 Å². The maximum absolute atomic E-state index is 13.2. The van der Waals surface area contributed by atoms with E-state index in [1.807, 2.05) is 11.8 Å². The van der Waals surface area contributed by atoms with E-state index in [4.69, 9.17) is 9.26 Å². The van der Waals surface area contributed by atoms with E-state index in [2.05, 4.69) is 16.8 Å². The number of likely N-dealkylation sites (tertiary alicyclic amines) is 1. The van der Waals surface area contributed by atoms with E-state index in [9.17, 15) is 27.1 Å². The van der Waals surface area contributed by atoms with Crippen LogP contribution in [0.5, 0.6) is 5.75 Å². The van der Waals surface area contributed by atoms with Crippen molar-refractivity contribution >= 4 is 0 Å². The molecular weight excluding hydrogens is 487 g/mol. The number of aliphatic hydroxyl groups excluding tert-OH is 1. The summed E-state index contributed by atoms with van der Waals surface area (Å²) in [4.78, 5) is 2.04. The molecule has 2 heterocycles. The van der Waals surface area contributed by atoms with E-state index >= 15 is 0 Å². The summed E-state index contributed by atoms with van der Waals surface area (Å²) in [5.41, 5.74) is -1.15. The molecule has 198 valence electrons. The number of alkyl halides is 5. The van der Waals surface area contributed by atoms with Crippen LogP contribution in [0.4, 0.5) is 22.0 Å². The minimum atomic E-state index is -4.67. The third-order valence-electron chi connectivity index (χ3n) is 6.31. The highest BCUT2D eigenvalue weighted by molar-refractivity contribution is 5.68. The van der Waals surface area contributed by atoms with E-state index < -0.39 is 29.7 Å². The number of hydrogen-bond donors (Lipinski definition) is 1. The number of benzene rings is 1. The minimum Gasteiger partial charge on any atom is -0.509 e. The molecule has 11 heteroatoms. The summed E-state index contributed by atoms with van der Waals surface area (Å²) in [5, 5.41) is 14.8. The fourth-order valence-electron chi connectivity index (χ4n) is 4.78. The first-order chi connectivity index (χ1) is 17.0. The normalized spacial score (nSPS) is 22.8. The molecule has 1 aliphatic heterocycles. The maximum atomic E-state index is 13.2. The van der Waals surface area contributed by atoms with Crippen LogP contribution in [0.1, 0.15) is 50.9 Å². The molecule has 1 N–H and O–H groups in total. The smallest absolute Gasteiger partial charge is 0.416 e. The van der Waals surface area contributed by atoms with Crippen LogP contribution >= 0.6 is 0 Å². The Kier molecular flexibility index (Phi) is 7.61. The zero-order valence-electron chi connectivity index (χ0n) is 20.1. The number of nitrogens with zero attached hydrogens (tertiary/aromatic N) is 2. The van der Waals surface area contributed by atoms with Crippen molar-refractivity contribution in [1.29, 1.82) is 0 Å². The molecular formula is C25H29F5N2O4. The highest BCUT2D eigenvalue weighted by Gasteiger charge is 2.45. The van der Waals surface area contributed by atoms with Crippen molar-refractivity contribution < 1.29 is 41.1 Å². The van der Waals surface area contributed by atoms with Crippen LogP contribution in [-0.4, -0.2) is 47.1 Å². The lowest BCUT2D eigenvalue weighted by molar-refractivity contribution is -0.137. The molecule has 2 aliphatic rings. The van der Waals surface area contributed by atoms with Gasteiger partial charge in [0.15, 0.2) is 5.76 Å². The van der Waals surface area contributed by atoms with Gasteiger partial charge in [0.05, 0.1) is 12.1 Å². The molecule has 1 aromatic carbocycles. The predicted octanol–water partition coefficient (Wildman–Crippen LogP) is 6.57. The highest BCUT2D eigenvalue weighted by Crippen LogP contribution is 2.42. The van der Waals surface area contributed by atoms with Crippen LogP contribution in [0.15, 0.2) is 40.1 Å². The summed E-state index contributed by atoms with van der Waals surface area (Å²) in [6.45, 7) is 2.67. The molecule has 0 spiro atoms. The number of allylic oxidation sites excluding steroid dienone is 1. The van der Waals surface area contributed by atoms with Crippen molar-refractivity contribution in [2.24, 2.45) is 5.92 Å². The van der Waals surface area contributed by atoms with Gasteiger partial charge in [0.25, 0.3) is 0 Å². The van der Waals surface area contributed by atoms with Crippen molar-refractivity contribution in [2.75, 3.05) is 19.7 Å². The van der Waals surface area contributed by atoms with Gasteiger partial charge >= 0.3 is 12.8 Å². The average Bonchev–Trinajstić information content (AvgIpc) is 3.55. The molecule has 2 atom stereocenters. The minimum absolute atomic E-state index is 0.0479. The Morgan fingerprint density at radius 2 is 2.03 bits per heavy atom. The molecule has 1 saturated heterocycles. The number of piperidine rings is 1. The lowest BCUT2D eigenvalue weighted by Gasteiger charge is -2.44. The van der Waals surface area contributed by atoms with Crippen LogP contribution in [0, 0.1) is 5.92 Å². The molecule has 6 nitrogen and oxygen atoms in total. The molecule has 2 aromatic rings. The summed E-state index contributed by atoms with van der Waals surface area (Å²) in [5.74, 6) is 0.386. The van der Waals surface area contributed by atoms with Crippen LogP contribution < -0.4 is 4.74 Å². The number of aliphatic hydroxyl groups is 1. The van der Waals surface area contributed by atoms with Crippen LogP contribution in [0.3, 0.4) is 0 Å². The van der Waals surface area contributed by atoms with Gasteiger partial charge in [0.2, 0.25) is 0 Å². The zero-order chi connectivity index (χ0) is 26.1. The number of ether oxygens (including phenoxy) is 2. The largest absolute Gasteiger partial charge is 0.509 e. The number of hydrogen-bond acceptors (Lipinski definition) is 6. The Labute approximate surface area is 205 Å². The van der Waals surface area contributed by atoms with Gasteiger partial charge < -0.3 is 19.1 Å². The Balaban J connectivity index is 1.58. The number of halogens is 5. The number of aromatic nitrogens is 1. The molecule has 4 rings (SSSR count). The van der Waals surface area contributed by atoms with Crippen molar-refractivity contribution in [3.63, 3.8) is 0 Å². The first-order valence-corrected chi connectivity index (χ1v) is 11.9. The van der Waals surface area contributed by atoms with Crippen molar-refractivity contribution in [2.45, 2.75) is 64.5 Å². The molecule has 1 aromatic heterocycles. The Bertz CT molecular complexity index is 1090. The Morgan fingerprint density at radius 3 is 2.67 bits per heavy atom. The third kappa shape index (κ3) is 6.00. The Morgan fingerprint density at radius 1 is 1.28 bits per heavy atom. The molecule has 2 fully saturated rings. The van der Waals surface area contributed by atoms with Gasteiger partial charge in [-0.25, -0.2) is 0 Å². The first kappa shape index (κ1) is 26.4. The van der Waals surface area contributed by atoms with E-state index in [1.54, 1.807) is 0 Å². The monoisotopic (exact) mass is 516 g/mol. The number of rotatable bonds is 9. The summed E-state index contributed by atoms with van der Waals surface area (Å²) < 4.78 is 81.4. The Hall–Kier alpha value is -2.66. The molecule has 1 saturated carbocycles. The van der Waals surface area contributed by atoms with Gasteiger partial charge in [0, 0.05) is 31.3 Å². The van der Waals surface area contributed by atoms with Gasteiger partial charge in [-0.05, 0) is 55.4 Å². The lowest BCUT2D eigenvalue weighted by atomic mass is 9.84. The predicted molar refractivity (Wildman–Crippen MR) is 120 cm³/mol. The van der Waals surface area contributed by atoms with Gasteiger partial charge in [-0.3, -0.25) is 4.90 Å². The third-order valence-corrected chi connectivity index (χ3v) is 6.31. The quantitative estimate of drug-likeness (QED) is 0.300. The fraction of sp³-hybridized carbons (Fsp3) is 0.560. The van der Waals surface area contributed by atoms with E-state index in [0.717, 1.165) is 30.9 Å². The zero-order valence-corrected chi connectivity index (χ0v) is 20.1. The second kappa shape index (κ2) is 10.4. The van der Waals surface area contributed by atoms with Gasteiger partial charge in [0.1, 0.15) is 22.8 Å². The first-order valence-electron chi connectivity index (χ1n) is 11.9. The van der Waals surface area contributed by atoms with Crippen molar-refractivity contribution in [1.82, 2.24) is 10.1 Å². The van der Waals surface area contributed by atoms with Crippen molar-refractivity contribution in [3.05, 3.63) is 46.9 Å². The topological polar surface area (TPSA) is 68.0 Å². The molecule has 1 aliphatic carbocycles. The molecule has 2 unspecified atom stereocenters. The molecule has 0 radical (unpaired) electrons. The summed E-state index contributed by atoms with van der Waals surface area (Å²) in [6.07, 6.45) is -1.51. The summed E-state index contributed by atoms with van der Waals surface area (Å²) >= 11 is 0. The van der Waals surface area contributed by atoms with Gasteiger partial charge in [-0.2, -0.15) is 22.0 Å². The van der Waals surface area contributed by atoms with Gasteiger partial charge in [-0.15, -0.1) is 0 Å². The van der Waals surface area contributed by atoms with E-state index in [1.165, 1.54) is 6.07 Å². The highest BCUT2D eigenvalue weighted by atomic mass is 19.4. The van der Waals surface area contributed by atoms with Crippen LogP contribution in [-0.2, 0) is 17.5 Å². The van der Waals surface area contributed by atoms with Gasteiger partial charge in [-0.1, -0.05) is 19.0 Å². The average molecular weight is 517 g/mol. The van der Waals surface area contributed by atoms with E-state index in [-0.39, 0.29) is 23.7 Å². The standard InChI is InChI=1S/C25H29F5N2O4/c1-3-8-34-24(22(33)16-4-5-16)11-15(2)12-32(14-24)13-18-10-20(31-36-18)19-9-17(25(28,29)30)6-7-21(19)35-23(26)27/h6-7,9-10,15,23,33H,3-5,8,11-14H2,1-2H3. The fourth-order valence-corrected chi connectivity index (χ4v) is 4.78. The molecule has 0 bridgehead atoms. The van der Waals surface area contributed by atoms with Crippen LogP contribution in [0.25, 0.3) is 11.3 Å². The lowest BCUT2D eigenvalue weighted by Crippen LogP contribution is -2.53. The molecule has 0 amide bonds. The second-order valence-electron chi connectivity index (χ2n) is 9.54. The SMILES string of the molecule is CCCOC1(C(O)=C2CC2)CC(C)CN(Cc2cc(-c3cc(C(F)(F)F)ccc3OC(F)F)no2)C1. The van der Waals surface area contributed by atoms with Crippen LogP contribution in [0.2, 0.25) is 0 Å². The maximum Gasteiger partial charge on any atom is 0.416 e. The summed E-state index contributed by atoms with van der Waals surface area (Å²) in [7, 11) is 0. The summed E-state index contributed by atoms with van der Waals surface area (Å²) in [6, 6.07) is 3.65.